The zero-order chi connectivity index (χ0) is 29.7. The zero-order valence-corrected chi connectivity index (χ0v) is 25.4. The molecule has 0 saturated heterocycles. The molecular weight excluding hydrogens is 538 g/mol. The number of aromatic nitrogens is 2. The number of H-pyrrole nitrogens is 1. The van der Waals surface area contributed by atoms with Crippen molar-refractivity contribution in [3.8, 4) is 0 Å². The number of nitrogens with one attached hydrogen (secondary N) is 2. The van der Waals surface area contributed by atoms with Crippen LogP contribution in [0.2, 0.25) is 0 Å². The van der Waals surface area contributed by atoms with Crippen LogP contribution < -0.4 is 10.9 Å². The summed E-state index contributed by atoms with van der Waals surface area (Å²) in [5, 5.41) is 14.3. The second kappa shape index (κ2) is 13.2. The van der Waals surface area contributed by atoms with Gasteiger partial charge in [-0.2, -0.15) is 5.10 Å². The van der Waals surface area contributed by atoms with Crippen LogP contribution in [-0.4, -0.2) is 16.2 Å². The van der Waals surface area contributed by atoms with E-state index in [9.17, 15) is 4.79 Å². The highest BCUT2D eigenvalue weighted by molar-refractivity contribution is 5.96. The van der Waals surface area contributed by atoms with E-state index in [0.29, 0.717) is 5.39 Å². The van der Waals surface area contributed by atoms with Crippen molar-refractivity contribution in [1.29, 1.82) is 0 Å². The highest BCUT2D eigenvalue weighted by atomic mass is 16.1. The van der Waals surface area contributed by atoms with Crippen molar-refractivity contribution in [3.05, 3.63) is 141 Å². The minimum absolute atomic E-state index is 0.136. The molecule has 4 heteroatoms. The Labute approximate surface area is 259 Å². The lowest BCUT2D eigenvalue weighted by atomic mass is 9.78. The van der Waals surface area contributed by atoms with Gasteiger partial charge < -0.3 is 5.32 Å². The molecule has 0 spiro atoms. The molecule has 5 aromatic rings. The van der Waals surface area contributed by atoms with Crippen LogP contribution in [0.3, 0.4) is 0 Å². The Morgan fingerprint density at radius 2 is 1.61 bits per heavy atom. The Morgan fingerprint density at radius 1 is 0.795 bits per heavy atom. The summed E-state index contributed by atoms with van der Waals surface area (Å²) < 4.78 is 0. The molecule has 1 heterocycles. The predicted molar refractivity (Wildman–Crippen MR) is 183 cm³/mol. The first-order chi connectivity index (χ1) is 21.7. The van der Waals surface area contributed by atoms with Gasteiger partial charge in [0.05, 0.1) is 6.20 Å². The number of hydrogen-bond donors (Lipinski definition) is 2. The molecule has 0 atom stereocenters. The summed E-state index contributed by atoms with van der Waals surface area (Å²) in [5.41, 5.74) is 10.4. The fraction of sp³-hybridized carbons (Fsp3) is 0.300. The third-order valence-corrected chi connectivity index (χ3v) is 9.68. The molecule has 1 fully saturated rings. The summed E-state index contributed by atoms with van der Waals surface area (Å²) in [7, 11) is 0. The summed E-state index contributed by atoms with van der Waals surface area (Å²) in [5.74, 6) is 0. The molecule has 0 aliphatic heterocycles. The van der Waals surface area contributed by atoms with E-state index in [-0.39, 0.29) is 5.56 Å². The maximum Gasteiger partial charge on any atom is 0.272 e. The molecule has 3 aliphatic rings. The van der Waals surface area contributed by atoms with Gasteiger partial charge in [-0.15, -0.1) is 0 Å². The summed E-state index contributed by atoms with van der Waals surface area (Å²) in [6, 6.07) is 29.0. The molecule has 0 unspecified atom stereocenters. The molecule has 4 nitrogen and oxygen atoms in total. The number of aryl methyl sites for hydroxylation is 1. The summed E-state index contributed by atoms with van der Waals surface area (Å²) in [4.78, 5) is 11.1. The molecule has 4 aromatic carbocycles. The molecular formula is C40H41N3O. The number of rotatable bonds is 5. The lowest BCUT2D eigenvalue weighted by Crippen LogP contribution is -2.30. The second-order valence-electron chi connectivity index (χ2n) is 12.6. The molecule has 3 aliphatic carbocycles. The van der Waals surface area contributed by atoms with Gasteiger partial charge in [-0.1, -0.05) is 110 Å². The van der Waals surface area contributed by atoms with Crippen LogP contribution in [0.1, 0.15) is 79.2 Å². The number of aromatic amines is 1. The van der Waals surface area contributed by atoms with Gasteiger partial charge in [-0.3, -0.25) is 4.79 Å². The Hall–Kier alpha value is -4.28. The Bertz CT molecular complexity index is 1890. The van der Waals surface area contributed by atoms with Crippen LogP contribution in [0.25, 0.3) is 27.1 Å². The van der Waals surface area contributed by atoms with Gasteiger partial charge in [-0.25, -0.2) is 5.10 Å². The molecule has 0 bridgehead atoms. The summed E-state index contributed by atoms with van der Waals surface area (Å²) in [6.07, 6.45) is 19.1. The minimum atomic E-state index is -0.136. The van der Waals surface area contributed by atoms with Gasteiger partial charge in [0.1, 0.15) is 0 Å². The monoisotopic (exact) mass is 579 g/mol. The fourth-order valence-corrected chi connectivity index (χ4v) is 7.32. The molecule has 0 radical (unpaired) electrons. The SMILES string of the molecule is C1=CC2=C(CC1)CCc1c2ccc2cccc(Cc3ccc(CNC4CCCCC4)cc3)c12.O=c1[nH]ncc2ccccc12. The number of fused-ring (bicyclic) bond motifs is 5. The van der Waals surface area contributed by atoms with E-state index in [1.807, 2.05) is 18.2 Å². The van der Waals surface area contributed by atoms with Crippen LogP contribution in [0.5, 0.6) is 0 Å². The molecule has 0 amide bonds. The summed E-state index contributed by atoms with van der Waals surface area (Å²) in [6.45, 7) is 0.998. The maximum atomic E-state index is 11.1. The first-order valence-corrected chi connectivity index (χ1v) is 16.4. The van der Waals surface area contributed by atoms with Crippen LogP contribution in [0.4, 0.5) is 0 Å². The third-order valence-electron chi connectivity index (χ3n) is 9.68. The van der Waals surface area contributed by atoms with E-state index in [0.717, 1.165) is 24.4 Å². The maximum absolute atomic E-state index is 11.1. The van der Waals surface area contributed by atoms with Gasteiger partial charge in [-0.05, 0) is 95.2 Å². The quantitative estimate of drug-likeness (QED) is 0.219. The van der Waals surface area contributed by atoms with Crippen molar-refractivity contribution in [2.24, 2.45) is 0 Å². The molecule has 2 N–H and O–H groups in total. The largest absolute Gasteiger partial charge is 0.310 e. The molecule has 8 rings (SSSR count). The van der Waals surface area contributed by atoms with Crippen LogP contribution in [0.15, 0.2) is 108 Å². The number of hydrogen-bond acceptors (Lipinski definition) is 3. The topological polar surface area (TPSA) is 57.8 Å². The van der Waals surface area contributed by atoms with Crippen molar-refractivity contribution in [2.45, 2.75) is 76.8 Å². The first-order valence-electron chi connectivity index (χ1n) is 16.4. The van der Waals surface area contributed by atoms with E-state index in [1.165, 1.54) is 96.4 Å². The standard InChI is InChI=1S/C32H35N.C8H6N2O/c1-2-10-28(11-3-1)33-22-24-15-13-23(14-16-24)21-27-9-6-8-26-18-19-30-29-12-5-4-7-25(29)17-20-31(30)32(26)27;11-8-7-4-2-1-3-6(7)5-9-10-8/h5-6,8-9,12-16,18-19,28,33H,1-4,7,10-11,17,20-22H2;1-5H,(H,10,11). The predicted octanol–water partition coefficient (Wildman–Crippen LogP) is 8.83. The minimum Gasteiger partial charge on any atom is -0.310 e. The van der Waals surface area contributed by atoms with Crippen molar-refractivity contribution < 1.29 is 0 Å². The second-order valence-corrected chi connectivity index (χ2v) is 12.6. The Balaban J connectivity index is 0.000000239. The Kier molecular flexibility index (Phi) is 8.52. The molecule has 1 aromatic heterocycles. The van der Waals surface area contributed by atoms with E-state index in [2.05, 4.69) is 82.3 Å². The van der Waals surface area contributed by atoms with E-state index < -0.39 is 0 Å². The highest BCUT2D eigenvalue weighted by Crippen LogP contribution is 2.41. The number of allylic oxidation sites excluding steroid dienone is 4. The van der Waals surface area contributed by atoms with Gasteiger partial charge in [0.25, 0.3) is 5.56 Å². The molecule has 222 valence electrons. The lowest BCUT2D eigenvalue weighted by Gasteiger charge is -2.26. The van der Waals surface area contributed by atoms with Gasteiger partial charge in [0, 0.05) is 23.4 Å². The molecule has 1 saturated carbocycles. The highest BCUT2D eigenvalue weighted by Gasteiger charge is 2.21. The third kappa shape index (κ3) is 6.18. The smallest absolute Gasteiger partial charge is 0.272 e. The van der Waals surface area contributed by atoms with Gasteiger partial charge in [0.15, 0.2) is 0 Å². The first kappa shape index (κ1) is 28.5. The Morgan fingerprint density at radius 3 is 2.48 bits per heavy atom. The van der Waals surface area contributed by atoms with Crippen LogP contribution in [-0.2, 0) is 19.4 Å². The molecule has 44 heavy (non-hydrogen) atoms. The van der Waals surface area contributed by atoms with Crippen molar-refractivity contribution in [3.63, 3.8) is 0 Å². The zero-order valence-electron chi connectivity index (χ0n) is 25.4. The normalized spacial score (nSPS) is 16.4. The number of benzene rings is 4. The van der Waals surface area contributed by atoms with Crippen molar-refractivity contribution in [1.82, 2.24) is 15.5 Å². The number of nitrogens with zero attached hydrogens (tertiary/aromatic N) is 1. The summed E-state index contributed by atoms with van der Waals surface area (Å²) >= 11 is 0. The average Bonchev–Trinajstić information content (AvgIpc) is 3.09. The van der Waals surface area contributed by atoms with E-state index >= 15 is 0 Å². The van der Waals surface area contributed by atoms with Crippen molar-refractivity contribution >= 4 is 27.1 Å². The fourth-order valence-electron chi connectivity index (χ4n) is 7.32. The van der Waals surface area contributed by atoms with Gasteiger partial charge >= 0.3 is 0 Å². The van der Waals surface area contributed by atoms with Crippen LogP contribution in [0, 0.1) is 0 Å². The average molecular weight is 580 g/mol. The van der Waals surface area contributed by atoms with Gasteiger partial charge in [0.2, 0.25) is 0 Å². The van der Waals surface area contributed by atoms with E-state index in [4.69, 9.17) is 0 Å². The van der Waals surface area contributed by atoms with Crippen molar-refractivity contribution in [2.75, 3.05) is 0 Å². The van der Waals surface area contributed by atoms with Crippen LogP contribution >= 0.6 is 0 Å². The lowest BCUT2D eigenvalue weighted by molar-refractivity contribution is 0.372. The van der Waals surface area contributed by atoms with E-state index in [1.54, 1.807) is 23.4 Å².